The van der Waals surface area contributed by atoms with Gasteiger partial charge in [-0.2, -0.15) is 13.2 Å². The van der Waals surface area contributed by atoms with E-state index in [-0.39, 0.29) is 5.56 Å². The van der Waals surface area contributed by atoms with Crippen molar-refractivity contribution in [1.82, 2.24) is 0 Å². The van der Waals surface area contributed by atoms with Crippen LogP contribution >= 0.6 is 0 Å². The first kappa shape index (κ1) is 12.0. The Morgan fingerprint density at radius 3 is 2.07 bits per heavy atom. The lowest BCUT2D eigenvalue weighted by Gasteiger charge is -2.18. The largest absolute Gasteiger partial charge is 0.418 e. The zero-order valence-corrected chi connectivity index (χ0v) is 8.01. The molecule has 84 valence electrons. The summed E-state index contributed by atoms with van der Waals surface area (Å²) < 4.78 is 53.6. The van der Waals surface area contributed by atoms with E-state index in [2.05, 4.69) is 4.74 Å². The fourth-order valence-corrected chi connectivity index (χ4v) is 1.24. The molecule has 0 amide bonds. The molecule has 1 aromatic rings. The summed E-state index contributed by atoms with van der Waals surface area (Å²) in [6.45, 7) is -0.691. The summed E-state index contributed by atoms with van der Waals surface area (Å²) in [5, 5.41) is 0. The number of hydrogen-bond acceptors (Lipinski definition) is 1. The van der Waals surface area contributed by atoms with Crippen LogP contribution in [0, 0.1) is 0 Å². The first-order valence-corrected chi connectivity index (χ1v) is 4.23. The van der Waals surface area contributed by atoms with Crippen molar-refractivity contribution in [2.45, 2.75) is 19.0 Å². The van der Waals surface area contributed by atoms with Gasteiger partial charge in [0.1, 0.15) is 6.67 Å². The van der Waals surface area contributed by atoms with Crippen LogP contribution in [0.5, 0.6) is 0 Å². The summed E-state index contributed by atoms with van der Waals surface area (Å²) in [5.74, 6) is 0. The number of ether oxygens (including phenoxy) is 1. The van der Waals surface area contributed by atoms with Crippen LogP contribution in [0.2, 0.25) is 0 Å². The Kier molecular flexibility index (Phi) is 3.68. The minimum Gasteiger partial charge on any atom is -0.367 e. The van der Waals surface area contributed by atoms with Gasteiger partial charge >= 0.3 is 6.18 Å². The van der Waals surface area contributed by atoms with Crippen molar-refractivity contribution < 1.29 is 22.3 Å². The summed E-state index contributed by atoms with van der Waals surface area (Å²) in [5.41, 5.74) is 0.318. The van der Waals surface area contributed by atoms with Gasteiger partial charge in [0.05, 0.1) is 0 Å². The molecule has 1 nitrogen and oxygen atoms in total. The summed E-state index contributed by atoms with van der Waals surface area (Å²) in [6, 6.07) is 5.06. The van der Waals surface area contributed by atoms with E-state index in [0.29, 0.717) is 5.56 Å². The van der Waals surface area contributed by atoms with Crippen molar-refractivity contribution in [3.63, 3.8) is 0 Å². The molecule has 0 saturated carbocycles. The van der Waals surface area contributed by atoms with Gasteiger partial charge in [0.2, 0.25) is 0 Å². The highest BCUT2D eigenvalue weighted by molar-refractivity contribution is 5.24. The molecule has 0 fully saturated rings. The van der Waals surface area contributed by atoms with E-state index in [1.807, 2.05) is 0 Å². The molecular weight excluding hydrogens is 212 g/mol. The predicted octanol–water partition coefficient (Wildman–Crippen LogP) is 3.41. The van der Waals surface area contributed by atoms with E-state index >= 15 is 0 Å². The zero-order chi connectivity index (χ0) is 11.5. The first-order valence-electron chi connectivity index (χ1n) is 4.23. The van der Waals surface area contributed by atoms with Gasteiger partial charge in [-0.1, -0.05) is 24.3 Å². The minimum absolute atomic E-state index is 0.0257. The van der Waals surface area contributed by atoms with E-state index < -0.39 is 19.0 Å². The van der Waals surface area contributed by atoms with E-state index in [9.17, 15) is 17.6 Å². The molecule has 15 heavy (non-hydrogen) atoms. The van der Waals surface area contributed by atoms with Gasteiger partial charge in [-0.05, 0) is 11.1 Å². The second kappa shape index (κ2) is 4.61. The number of halogens is 4. The molecule has 0 aliphatic rings. The number of methoxy groups -OCH3 is 1. The van der Waals surface area contributed by atoms with Crippen LogP contribution in [0.4, 0.5) is 17.6 Å². The van der Waals surface area contributed by atoms with Crippen molar-refractivity contribution in [1.29, 1.82) is 0 Å². The molecule has 0 N–H and O–H groups in total. The van der Waals surface area contributed by atoms with Crippen molar-refractivity contribution >= 4 is 0 Å². The number of benzene rings is 1. The van der Waals surface area contributed by atoms with Gasteiger partial charge in [0, 0.05) is 7.11 Å². The molecule has 0 heterocycles. The van der Waals surface area contributed by atoms with Gasteiger partial charge in [-0.3, -0.25) is 0 Å². The third kappa shape index (κ3) is 2.92. The molecule has 0 aromatic heterocycles. The third-order valence-electron chi connectivity index (χ3n) is 1.97. The third-order valence-corrected chi connectivity index (χ3v) is 1.97. The lowest BCUT2D eigenvalue weighted by molar-refractivity contribution is -0.215. The maximum absolute atomic E-state index is 12.4. The molecule has 1 aromatic carbocycles. The summed E-state index contributed by atoms with van der Waals surface area (Å²) in [7, 11) is 0.987. The van der Waals surface area contributed by atoms with Gasteiger partial charge in [-0.15, -0.1) is 0 Å². The van der Waals surface area contributed by atoms with E-state index in [4.69, 9.17) is 0 Å². The maximum atomic E-state index is 12.4. The fourth-order valence-electron chi connectivity index (χ4n) is 1.24. The van der Waals surface area contributed by atoms with Gasteiger partial charge < -0.3 is 4.74 Å². The van der Waals surface area contributed by atoms with E-state index in [0.717, 1.165) is 7.11 Å². The van der Waals surface area contributed by atoms with Crippen LogP contribution in [0.15, 0.2) is 24.3 Å². The fraction of sp³-hybridized carbons (Fsp3) is 0.400. The highest BCUT2D eigenvalue weighted by Gasteiger charge is 2.40. The molecule has 0 aliphatic heterocycles. The Hall–Kier alpha value is -1.10. The van der Waals surface area contributed by atoms with Gasteiger partial charge in [0.15, 0.2) is 6.10 Å². The number of rotatable bonds is 3. The second-order valence-electron chi connectivity index (χ2n) is 3.03. The summed E-state index contributed by atoms with van der Waals surface area (Å²) in [6.07, 6.45) is -6.41. The molecule has 0 saturated heterocycles. The Morgan fingerprint density at radius 1 is 1.20 bits per heavy atom. The van der Waals surface area contributed by atoms with Crippen LogP contribution < -0.4 is 0 Å². The molecule has 0 spiro atoms. The Balaban J connectivity index is 2.93. The molecular formula is C10H10F4O. The van der Waals surface area contributed by atoms with E-state index in [1.165, 1.54) is 24.3 Å². The monoisotopic (exact) mass is 222 g/mol. The van der Waals surface area contributed by atoms with Crippen LogP contribution in [0.25, 0.3) is 0 Å². The summed E-state index contributed by atoms with van der Waals surface area (Å²) in [4.78, 5) is 0. The van der Waals surface area contributed by atoms with Crippen molar-refractivity contribution in [2.24, 2.45) is 0 Å². The molecule has 1 rings (SSSR count). The Morgan fingerprint density at radius 2 is 1.73 bits per heavy atom. The molecule has 1 atom stereocenters. The highest BCUT2D eigenvalue weighted by Crippen LogP contribution is 2.35. The standard InChI is InChI=1S/C10H10F4O/c1-15-9(10(12,13)14)8-4-2-7(6-11)3-5-8/h2-5,9H,6H2,1H3. The topological polar surface area (TPSA) is 9.23 Å². The number of alkyl halides is 4. The smallest absolute Gasteiger partial charge is 0.367 e. The van der Waals surface area contributed by atoms with Crippen LogP contribution in [0.3, 0.4) is 0 Å². The molecule has 0 radical (unpaired) electrons. The second-order valence-corrected chi connectivity index (χ2v) is 3.03. The zero-order valence-electron chi connectivity index (χ0n) is 8.01. The van der Waals surface area contributed by atoms with Crippen LogP contribution in [-0.2, 0) is 11.4 Å². The average molecular weight is 222 g/mol. The maximum Gasteiger partial charge on any atom is 0.418 e. The van der Waals surface area contributed by atoms with Gasteiger partial charge in [0.25, 0.3) is 0 Å². The van der Waals surface area contributed by atoms with Crippen molar-refractivity contribution in [3.8, 4) is 0 Å². The SMILES string of the molecule is COC(c1ccc(CF)cc1)C(F)(F)F. The van der Waals surface area contributed by atoms with Crippen LogP contribution in [0.1, 0.15) is 17.2 Å². The van der Waals surface area contributed by atoms with Crippen LogP contribution in [-0.4, -0.2) is 13.3 Å². The Labute approximate surface area is 84.7 Å². The predicted molar refractivity (Wildman–Crippen MR) is 47.1 cm³/mol. The van der Waals surface area contributed by atoms with E-state index in [1.54, 1.807) is 0 Å². The lowest BCUT2D eigenvalue weighted by Crippen LogP contribution is -2.22. The van der Waals surface area contributed by atoms with Gasteiger partial charge in [-0.25, -0.2) is 4.39 Å². The quantitative estimate of drug-likeness (QED) is 0.712. The first-order chi connectivity index (χ1) is 6.99. The molecule has 1 unspecified atom stereocenters. The number of hydrogen-bond donors (Lipinski definition) is 0. The molecule has 5 heteroatoms. The van der Waals surface area contributed by atoms with Crippen molar-refractivity contribution in [2.75, 3.05) is 7.11 Å². The molecule has 0 bridgehead atoms. The normalized spacial score (nSPS) is 13.9. The van der Waals surface area contributed by atoms with Crippen molar-refractivity contribution in [3.05, 3.63) is 35.4 Å². The Bertz CT molecular complexity index is 304. The highest BCUT2D eigenvalue weighted by atomic mass is 19.4. The molecule has 0 aliphatic carbocycles. The average Bonchev–Trinajstić information content (AvgIpc) is 2.18. The lowest BCUT2D eigenvalue weighted by atomic mass is 10.1. The summed E-state index contributed by atoms with van der Waals surface area (Å²) >= 11 is 0. The minimum atomic E-state index is -4.45.